The zero-order chi connectivity index (χ0) is 16.2. The van der Waals surface area contributed by atoms with Crippen LogP contribution in [-0.4, -0.2) is 47.2 Å². The molecule has 3 heterocycles. The van der Waals surface area contributed by atoms with Crippen molar-refractivity contribution in [2.75, 3.05) is 41.7 Å². The molecule has 0 amide bonds. The average Bonchev–Trinajstić information content (AvgIpc) is 2.55. The Balaban J connectivity index is 1.60. The van der Waals surface area contributed by atoms with E-state index in [9.17, 15) is 0 Å². The maximum atomic E-state index is 5.72. The normalized spacial score (nSPS) is 15.1. The maximum Gasteiger partial charge on any atom is 0.138 e. The lowest BCUT2D eigenvalue weighted by atomic mass is 10.3. The van der Waals surface area contributed by atoms with E-state index in [1.165, 1.54) is 6.33 Å². The highest BCUT2D eigenvalue weighted by Crippen LogP contribution is 2.20. The zero-order valence-corrected chi connectivity index (χ0v) is 13.5. The molecule has 7 nitrogen and oxygen atoms in total. The molecule has 0 unspecified atom stereocenters. The predicted octanol–water partition coefficient (Wildman–Crippen LogP) is 1.57. The fourth-order valence-corrected chi connectivity index (χ4v) is 2.60. The molecule has 0 saturated carbocycles. The van der Waals surface area contributed by atoms with E-state index in [1.54, 1.807) is 6.20 Å². The minimum atomic E-state index is 0.159. The highest BCUT2D eigenvalue weighted by Gasteiger charge is 2.19. The molecule has 0 atom stereocenters. The molecule has 0 aliphatic carbocycles. The van der Waals surface area contributed by atoms with Crippen LogP contribution in [0, 0.1) is 0 Å². The van der Waals surface area contributed by atoms with Crippen LogP contribution in [0.25, 0.3) is 0 Å². The second kappa shape index (κ2) is 6.68. The molecule has 1 aliphatic rings. The summed E-state index contributed by atoms with van der Waals surface area (Å²) in [5, 5.41) is 0. The van der Waals surface area contributed by atoms with Gasteiger partial charge in [-0.25, -0.2) is 15.0 Å². The minimum Gasteiger partial charge on any atom is -0.489 e. The summed E-state index contributed by atoms with van der Waals surface area (Å²) in [7, 11) is 0. The number of hydrogen-bond donors (Lipinski definition) is 1. The number of hydrogen-bond acceptors (Lipinski definition) is 7. The van der Waals surface area contributed by atoms with Gasteiger partial charge in [-0.05, 0) is 26.0 Å². The van der Waals surface area contributed by atoms with Gasteiger partial charge in [0.15, 0.2) is 0 Å². The summed E-state index contributed by atoms with van der Waals surface area (Å²) in [5.41, 5.74) is 5.72. The number of nitrogen functional groups attached to an aromatic ring is 1. The summed E-state index contributed by atoms with van der Waals surface area (Å²) in [6, 6.07) is 5.79. The molecule has 2 aromatic heterocycles. The summed E-state index contributed by atoms with van der Waals surface area (Å²) in [6.45, 7) is 7.55. The highest BCUT2D eigenvalue weighted by molar-refractivity contribution is 5.49. The predicted molar refractivity (Wildman–Crippen MR) is 90.9 cm³/mol. The minimum absolute atomic E-state index is 0.159. The lowest BCUT2D eigenvalue weighted by Gasteiger charge is -2.36. The lowest BCUT2D eigenvalue weighted by molar-refractivity contribution is 0.241. The van der Waals surface area contributed by atoms with Crippen molar-refractivity contribution in [2.45, 2.75) is 20.0 Å². The van der Waals surface area contributed by atoms with Crippen LogP contribution in [0.15, 0.2) is 30.7 Å². The van der Waals surface area contributed by atoms with Crippen molar-refractivity contribution in [2.24, 2.45) is 0 Å². The number of nitrogens with two attached hydrogens (primary N) is 1. The molecular formula is C16H22N6O. The van der Waals surface area contributed by atoms with Crippen molar-refractivity contribution in [1.29, 1.82) is 0 Å². The summed E-state index contributed by atoms with van der Waals surface area (Å²) in [4.78, 5) is 17.2. The topological polar surface area (TPSA) is 80.4 Å². The van der Waals surface area contributed by atoms with Gasteiger partial charge in [-0.2, -0.15) is 0 Å². The summed E-state index contributed by atoms with van der Waals surface area (Å²) in [6.07, 6.45) is 3.45. The highest BCUT2D eigenvalue weighted by atomic mass is 16.5. The number of nitrogens with zero attached hydrogens (tertiary/aromatic N) is 5. The SMILES string of the molecule is CC(C)Oc1ccc(N2CCN(c3cc(N)ncn3)CC2)nc1. The third kappa shape index (κ3) is 3.80. The Hall–Kier alpha value is -2.57. The van der Waals surface area contributed by atoms with Crippen molar-refractivity contribution in [3.8, 4) is 5.75 Å². The average molecular weight is 314 g/mol. The van der Waals surface area contributed by atoms with Crippen LogP contribution in [0.3, 0.4) is 0 Å². The first-order chi connectivity index (χ1) is 11.1. The van der Waals surface area contributed by atoms with Gasteiger partial charge in [0.2, 0.25) is 0 Å². The molecule has 0 aromatic carbocycles. The van der Waals surface area contributed by atoms with E-state index in [0.29, 0.717) is 5.82 Å². The van der Waals surface area contributed by atoms with Crippen LogP contribution in [-0.2, 0) is 0 Å². The Labute approximate surface area is 136 Å². The van der Waals surface area contributed by atoms with Crippen molar-refractivity contribution in [1.82, 2.24) is 15.0 Å². The molecule has 0 radical (unpaired) electrons. The van der Waals surface area contributed by atoms with Crippen LogP contribution >= 0.6 is 0 Å². The third-order valence-corrected chi connectivity index (χ3v) is 3.69. The number of anilines is 3. The standard InChI is InChI=1S/C16H22N6O/c1-12(2)23-13-3-4-15(18-10-13)21-5-7-22(8-6-21)16-9-14(17)19-11-20-16/h3-4,9-12H,5-8H2,1-2H3,(H2,17,19,20). The number of rotatable bonds is 4. The van der Waals surface area contributed by atoms with Gasteiger partial charge in [0.1, 0.15) is 29.5 Å². The lowest BCUT2D eigenvalue weighted by Crippen LogP contribution is -2.47. The van der Waals surface area contributed by atoms with E-state index >= 15 is 0 Å². The summed E-state index contributed by atoms with van der Waals surface area (Å²) >= 11 is 0. The third-order valence-electron chi connectivity index (χ3n) is 3.69. The molecular weight excluding hydrogens is 292 g/mol. The Kier molecular flexibility index (Phi) is 4.45. The van der Waals surface area contributed by atoms with Gasteiger partial charge in [-0.15, -0.1) is 0 Å². The Morgan fingerprint density at radius 2 is 1.70 bits per heavy atom. The first-order valence-corrected chi connectivity index (χ1v) is 7.82. The van der Waals surface area contributed by atoms with E-state index in [-0.39, 0.29) is 6.10 Å². The van der Waals surface area contributed by atoms with E-state index in [4.69, 9.17) is 10.5 Å². The second-order valence-electron chi connectivity index (χ2n) is 5.79. The number of piperazine rings is 1. The fourth-order valence-electron chi connectivity index (χ4n) is 2.60. The van der Waals surface area contributed by atoms with Crippen LogP contribution < -0.4 is 20.3 Å². The van der Waals surface area contributed by atoms with E-state index in [0.717, 1.165) is 43.6 Å². The molecule has 0 spiro atoms. The molecule has 1 aliphatic heterocycles. The molecule has 2 aromatic rings. The summed E-state index contributed by atoms with van der Waals surface area (Å²) in [5.74, 6) is 3.16. The van der Waals surface area contributed by atoms with Gasteiger partial charge >= 0.3 is 0 Å². The maximum absolute atomic E-state index is 5.72. The zero-order valence-electron chi connectivity index (χ0n) is 13.5. The first-order valence-electron chi connectivity index (χ1n) is 7.82. The van der Waals surface area contributed by atoms with Crippen LogP contribution in [0.1, 0.15) is 13.8 Å². The van der Waals surface area contributed by atoms with Gasteiger partial charge in [0.25, 0.3) is 0 Å². The smallest absolute Gasteiger partial charge is 0.138 e. The van der Waals surface area contributed by atoms with Crippen molar-refractivity contribution in [3.63, 3.8) is 0 Å². The van der Waals surface area contributed by atoms with Gasteiger partial charge < -0.3 is 20.3 Å². The van der Waals surface area contributed by atoms with E-state index in [1.807, 2.05) is 32.0 Å². The first kappa shape index (κ1) is 15.3. The second-order valence-corrected chi connectivity index (χ2v) is 5.79. The van der Waals surface area contributed by atoms with Gasteiger partial charge in [-0.1, -0.05) is 0 Å². The molecule has 23 heavy (non-hydrogen) atoms. The largest absolute Gasteiger partial charge is 0.489 e. The van der Waals surface area contributed by atoms with Crippen LogP contribution in [0.2, 0.25) is 0 Å². The quantitative estimate of drug-likeness (QED) is 0.917. The molecule has 1 saturated heterocycles. The number of pyridine rings is 1. The number of ether oxygens (including phenoxy) is 1. The molecule has 122 valence electrons. The van der Waals surface area contributed by atoms with Crippen LogP contribution in [0.5, 0.6) is 5.75 Å². The molecule has 7 heteroatoms. The molecule has 2 N–H and O–H groups in total. The van der Waals surface area contributed by atoms with Crippen molar-refractivity contribution < 1.29 is 4.74 Å². The number of aromatic nitrogens is 3. The van der Waals surface area contributed by atoms with Gasteiger partial charge in [-0.3, -0.25) is 0 Å². The van der Waals surface area contributed by atoms with Gasteiger partial charge in [0, 0.05) is 32.2 Å². The molecule has 1 fully saturated rings. The fraction of sp³-hybridized carbons (Fsp3) is 0.438. The van der Waals surface area contributed by atoms with Crippen molar-refractivity contribution in [3.05, 3.63) is 30.7 Å². The van der Waals surface area contributed by atoms with Gasteiger partial charge in [0.05, 0.1) is 12.3 Å². The van der Waals surface area contributed by atoms with E-state index < -0.39 is 0 Å². The van der Waals surface area contributed by atoms with Crippen molar-refractivity contribution >= 4 is 17.5 Å². The van der Waals surface area contributed by atoms with Crippen LogP contribution in [0.4, 0.5) is 17.5 Å². The molecule has 3 rings (SSSR count). The summed E-state index contributed by atoms with van der Waals surface area (Å²) < 4.78 is 5.63. The van der Waals surface area contributed by atoms with E-state index in [2.05, 4.69) is 24.8 Å². The Bertz CT molecular complexity index is 637. The monoisotopic (exact) mass is 314 g/mol. The molecule has 0 bridgehead atoms. The Morgan fingerprint density at radius 3 is 2.26 bits per heavy atom. The Morgan fingerprint density at radius 1 is 1.00 bits per heavy atom.